The van der Waals surface area contributed by atoms with Gasteiger partial charge < -0.3 is 14.4 Å². The van der Waals surface area contributed by atoms with Gasteiger partial charge in [-0.1, -0.05) is 17.8 Å². The fraction of sp³-hybridized carbons (Fsp3) is 0.882. The van der Waals surface area contributed by atoms with Crippen molar-refractivity contribution in [2.45, 2.75) is 39.0 Å². The molecule has 2 saturated heterocycles. The number of anilines is 1. The number of aryl methyl sites for hydroxylation is 1. The molecule has 3 fully saturated rings. The Hall–Kier alpha value is -0.720. The Morgan fingerprint density at radius 2 is 2.17 bits per heavy atom. The molecule has 128 valence electrons. The van der Waals surface area contributed by atoms with Crippen LogP contribution < -0.4 is 4.90 Å². The van der Waals surface area contributed by atoms with Gasteiger partial charge in [0.2, 0.25) is 5.13 Å². The molecule has 23 heavy (non-hydrogen) atoms. The van der Waals surface area contributed by atoms with Gasteiger partial charge in [-0.15, -0.1) is 10.2 Å². The smallest absolute Gasteiger partial charge is 0.208 e. The molecule has 2 aliphatic heterocycles. The molecule has 0 aromatic carbocycles. The second-order valence-corrected chi connectivity index (χ2v) is 8.67. The third kappa shape index (κ3) is 3.26. The van der Waals surface area contributed by atoms with Crippen LogP contribution in [0.4, 0.5) is 5.13 Å². The SMILES string of the molecule is Cc1nnc(N2C[C@H]3CCC[C@@]3(COCC3CCOCC3)C2)s1. The first kappa shape index (κ1) is 15.8. The zero-order valence-electron chi connectivity index (χ0n) is 14.0. The predicted molar refractivity (Wildman–Crippen MR) is 91.0 cm³/mol. The van der Waals surface area contributed by atoms with Crippen molar-refractivity contribution in [2.75, 3.05) is 44.4 Å². The molecule has 4 rings (SSSR count). The van der Waals surface area contributed by atoms with Gasteiger partial charge >= 0.3 is 0 Å². The van der Waals surface area contributed by atoms with Crippen LogP contribution in [0.1, 0.15) is 37.1 Å². The summed E-state index contributed by atoms with van der Waals surface area (Å²) in [6.07, 6.45) is 6.32. The van der Waals surface area contributed by atoms with E-state index in [2.05, 4.69) is 15.1 Å². The van der Waals surface area contributed by atoms with Gasteiger partial charge in [-0.3, -0.25) is 0 Å². The summed E-state index contributed by atoms with van der Waals surface area (Å²) in [6, 6.07) is 0. The maximum atomic E-state index is 6.24. The van der Waals surface area contributed by atoms with E-state index in [0.29, 0.717) is 11.3 Å². The van der Waals surface area contributed by atoms with Crippen LogP contribution in [0.5, 0.6) is 0 Å². The van der Waals surface area contributed by atoms with Crippen LogP contribution in [0, 0.1) is 24.2 Å². The minimum absolute atomic E-state index is 0.352. The van der Waals surface area contributed by atoms with Gasteiger partial charge in [0.1, 0.15) is 5.01 Å². The Kier molecular flexibility index (Phi) is 4.56. The Labute approximate surface area is 142 Å². The minimum atomic E-state index is 0.352. The van der Waals surface area contributed by atoms with E-state index in [1.807, 2.05) is 6.92 Å². The molecule has 1 aromatic heterocycles. The number of ether oxygens (including phenoxy) is 2. The molecule has 0 unspecified atom stereocenters. The Bertz CT molecular complexity index is 532. The molecule has 0 radical (unpaired) electrons. The first-order chi connectivity index (χ1) is 11.3. The Balaban J connectivity index is 1.35. The molecular formula is C17H27N3O2S. The first-order valence-electron chi connectivity index (χ1n) is 8.96. The zero-order chi connectivity index (χ0) is 15.7. The van der Waals surface area contributed by atoms with Crippen molar-refractivity contribution in [3.05, 3.63) is 5.01 Å². The molecule has 0 amide bonds. The largest absolute Gasteiger partial charge is 0.381 e. The third-order valence-corrected chi connectivity index (χ3v) is 6.81. The highest BCUT2D eigenvalue weighted by Gasteiger charge is 2.50. The summed E-state index contributed by atoms with van der Waals surface area (Å²) in [6.45, 7) is 7.91. The normalized spacial score (nSPS) is 31.7. The average molecular weight is 337 g/mol. The summed E-state index contributed by atoms with van der Waals surface area (Å²) in [4.78, 5) is 2.45. The van der Waals surface area contributed by atoms with E-state index in [-0.39, 0.29) is 0 Å². The maximum absolute atomic E-state index is 6.24. The lowest BCUT2D eigenvalue weighted by Gasteiger charge is -2.30. The maximum Gasteiger partial charge on any atom is 0.208 e. The predicted octanol–water partition coefficient (Wildman–Crippen LogP) is 2.90. The highest BCUT2D eigenvalue weighted by atomic mass is 32.1. The molecule has 1 aromatic rings. The van der Waals surface area contributed by atoms with E-state index >= 15 is 0 Å². The Morgan fingerprint density at radius 1 is 1.30 bits per heavy atom. The van der Waals surface area contributed by atoms with Crippen LogP contribution in [0.2, 0.25) is 0 Å². The van der Waals surface area contributed by atoms with E-state index in [1.165, 1.54) is 19.3 Å². The van der Waals surface area contributed by atoms with Gasteiger partial charge in [0.25, 0.3) is 0 Å². The van der Waals surface area contributed by atoms with Crippen LogP contribution in [0.3, 0.4) is 0 Å². The van der Waals surface area contributed by atoms with Crippen molar-refractivity contribution < 1.29 is 9.47 Å². The summed E-state index contributed by atoms with van der Waals surface area (Å²) in [5, 5.41) is 10.7. The van der Waals surface area contributed by atoms with Crippen molar-refractivity contribution in [3.8, 4) is 0 Å². The molecule has 5 nitrogen and oxygen atoms in total. The molecule has 2 atom stereocenters. The Morgan fingerprint density at radius 3 is 2.96 bits per heavy atom. The van der Waals surface area contributed by atoms with Gasteiger partial charge in [-0.2, -0.15) is 0 Å². The zero-order valence-corrected chi connectivity index (χ0v) is 14.8. The van der Waals surface area contributed by atoms with E-state index in [0.717, 1.165) is 68.4 Å². The second-order valence-electron chi connectivity index (χ2n) is 7.51. The van der Waals surface area contributed by atoms with Crippen LogP contribution >= 0.6 is 11.3 Å². The fourth-order valence-corrected chi connectivity index (χ4v) is 5.25. The van der Waals surface area contributed by atoms with Crippen molar-refractivity contribution in [1.29, 1.82) is 0 Å². The number of aromatic nitrogens is 2. The molecule has 6 heteroatoms. The first-order valence-corrected chi connectivity index (χ1v) is 9.77. The minimum Gasteiger partial charge on any atom is -0.381 e. The van der Waals surface area contributed by atoms with Gasteiger partial charge in [-0.25, -0.2) is 0 Å². The second kappa shape index (κ2) is 6.65. The highest BCUT2D eigenvalue weighted by molar-refractivity contribution is 7.15. The highest BCUT2D eigenvalue weighted by Crippen LogP contribution is 2.50. The van der Waals surface area contributed by atoms with Crippen molar-refractivity contribution in [3.63, 3.8) is 0 Å². The van der Waals surface area contributed by atoms with Gasteiger partial charge in [0.15, 0.2) is 0 Å². The van der Waals surface area contributed by atoms with Gasteiger partial charge in [-0.05, 0) is 44.4 Å². The molecule has 0 spiro atoms. The van der Waals surface area contributed by atoms with E-state index < -0.39 is 0 Å². The van der Waals surface area contributed by atoms with E-state index in [9.17, 15) is 0 Å². The number of fused-ring (bicyclic) bond motifs is 1. The summed E-state index contributed by atoms with van der Waals surface area (Å²) >= 11 is 1.72. The average Bonchev–Trinajstić information content (AvgIpc) is 3.22. The number of nitrogens with zero attached hydrogens (tertiary/aromatic N) is 3. The molecule has 3 aliphatic rings. The van der Waals surface area contributed by atoms with E-state index in [1.54, 1.807) is 11.3 Å². The fourth-order valence-electron chi connectivity index (χ4n) is 4.55. The lowest BCUT2D eigenvalue weighted by molar-refractivity contribution is -0.0104. The summed E-state index contributed by atoms with van der Waals surface area (Å²) in [7, 11) is 0. The molecule has 0 bridgehead atoms. The lowest BCUT2D eigenvalue weighted by Crippen LogP contribution is -2.33. The van der Waals surface area contributed by atoms with Crippen molar-refractivity contribution in [1.82, 2.24) is 10.2 Å². The lowest BCUT2D eigenvalue weighted by atomic mass is 9.81. The molecule has 1 saturated carbocycles. The van der Waals surface area contributed by atoms with Crippen molar-refractivity contribution >= 4 is 16.5 Å². The molecular weight excluding hydrogens is 310 g/mol. The topological polar surface area (TPSA) is 47.5 Å². The summed E-state index contributed by atoms with van der Waals surface area (Å²) < 4.78 is 11.7. The summed E-state index contributed by atoms with van der Waals surface area (Å²) in [5.74, 6) is 1.46. The van der Waals surface area contributed by atoms with Crippen LogP contribution in [-0.2, 0) is 9.47 Å². The van der Waals surface area contributed by atoms with Crippen molar-refractivity contribution in [2.24, 2.45) is 17.3 Å². The van der Waals surface area contributed by atoms with Crippen LogP contribution in [0.15, 0.2) is 0 Å². The van der Waals surface area contributed by atoms with Crippen LogP contribution in [-0.4, -0.2) is 49.7 Å². The molecule has 0 N–H and O–H groups in total. The third-order valence-electron chi connectivity index (χ3n) is 5.91. The molecule has 3 heterocycles. The van der Waals surface area contributed by atoms with Gasteiger partial charge in [0.05, 0.1) is 6.61 Å². The molecule has 1 aliphatic carbocycles. The van der Waals surface area contributed by atoms with Gasteiger partial charge in [0, 0.05) is 38.3 Å². The number of hydrogen-bond acceptors (Lipinski definition) is 6. The van der Waals surface area contributed by atoms with E-state index in [4.69, 9.17) is 9.47 Å². The standard InChI is InChI=1S/C17H27N3O2S/c1-13-18-19-16(23-13)20-9-15-3-2-6-17(15,11-20)12-22-10-14-4-7-21-8-5-14/h14-15H,2-12H2,1H3/t15-,17+/m1/s1. The monoisotopic (exact) mass is 337 g/mol. The number of rotatable bonds is 5. The quantitative estimate of drug-likeness (QED) is 0.827. The summed E-state index contributed by atoms with van der Waals surface area (Å²) in [5.41, 5.74) is 0.352. The number of hydrogen-bond donors (Lipinski definition) is 0. The van der Waals surface area contributed by atoms with Crippen LogP contribution in [0.25, 0.3) is 0 Å².